The van der Waals surface area contributed by atoms with E-state index in [1.165, 1.54) is 18.4 Å². The van der Waals surface area contributed by atoms with Gasteiger partial charge in [0.2, 0.25) is 5.88 Å². The van der Waals surface area contributed by atoms with E-state index in [0.717, 1.165) is 41.6 Å². The third kappa shape index (κ3) is 4.78. The fraction of sp³-hybridized carbons (Fsp3) is 0.550. The fourth-order valence-electron chi connectivity index (χ4n) is 3.47. The molecule has 0 unspecified atom stereocenters. The summed E-state index contributed by atoms with van der Waals surface area (Å²) in [5.41, 5.74) is 4.44. The number of hydrogen-bond acceptors (Lipinski definition) is 4. The van der Waals surface area contributed by atoms with Crippen molar-refractivity contribution in [2.75, 3.05) is 7.05 Å². The van der Waals surface area contributed by atoms with E-state index in [-0.39, 0.29) is 0 Å². The van der Waals surface area contributed by atoms with E-state index < -0.39 is 0 Å². The highest BCUT2D eigenvalue weighted by Gasteiger charge is 2.18. The van der Waals surface area contributed by atoms with E-state index in [4.69, 9.17) is 4.74 Å². The van der Waals surface area contributed by atoms with E-state index in [0.29, 0.717) is 19.2 Å². The van der Waals surface area contributed by atoms with E-state index in [2.05, 4.69) is 32.6 Å². The molecule has 2 heterocycles. The van der Waals surface area contributed by atoms with Gasteiger partial charge in [0, 0.05) is 50.2 Å². The summed E-state index contributed by atoms with van der Waals surface area (Å²) in [7, 11) is 3.74. The van der Waals surface area contributed by atoms with Gasteiger partial charge in [0.05, 0.1) is 5.69 Å². The number of guanidine groups is 1. The Labute approximate surface area is 161 Å². The molecule has 1 aliphatic rings. The second kappa shape index (κ2) is 8.88. The molecule has 1 aliphatic carbocycles. The lowest BCUT2D eigenvalue weighted by atomic mass is 10.2. The largest absolute Gasteiger partial charge is 0.474 e. The Bertz CT molecular complexity index is 792. The second-order valence-electron chi connectivity index (χ2n) is 7.04. The Balaban J connectivity index is 1.58. The van der Waals surface area contributed by atoms with E-state index in [1.54, 1.807) is 13.2 Å². The molecule has 7 heteroatoms. The van der Waals surface area contributed by atoms with E-state index in [9.17, 15) is 0 Å². The molecule has 0 aromatic carbocycles. The van der Waals surface area contributed by atoms with Crippen LogP contribution in [0.3, 0.4) is 0 Å². The van der Waals surface area contributed by atoms with Crippen LogP contribution in [0.25, 0.3) is 0 Å². The van der Waals surface area contributed by atoms with Crippen LogP contribution in [0.1, 0.15) is 48.2 Å². The van der Waals surface area contributed by atoms with Gasteiger partial charge in [-0.05, 0) is 45.6 Å². The first-order valence-electron chi connectivity index (χ1n) is 9.62. The summed E-state index contributed by atoms with van der Waals surface area (Å²) in [6.07, 6.45) is 6.82. The molecular formula is C20H30N6O. The van der Waals surface area contributed by atoms with Gasteiger partial charge in [0.15, 0.2) is 5.96 Å². The minimum atomic E-state index is 0.299. The molecule has 7 nitrogen and oxygen atoms in total. The van der Waals surface area contributed by atoms with Crippen molar-refractivity contribution in [3.63, 3.8) is 0 Å². The standard InChI is InChI=1S/C20H30N6O/c1-14-18(15(2)26(4)25-14)13-24-20(21-3)23-12-16-8-7-11-22-19(16)27-17-9-5-6-10-17/h7-8,11,17H,5-6,9-10,12-13H2,1-4H3,(H2,21,23,24). The topological polar surface area (TPSA) is 76.4 Å². The van der Waals surface area contributed by atoms with Crippen LogP contribution in [0.5, 0.6) is 5.88 Å². The Hall–Kier alpha value is -2.57. The smallest absolute Gasteiger partial charge is 0.218 e. The highest BCUT2D eigenvalue weighted by molar-refractivity contribution is 5.79. The predicted octanol–water partition coefficient (Wildman–Crippen LogP) is 2.62. The normalized spacial score (nSPS) is 15.2. The molecule has 27 heavy (non-hydrogen) atoms. The van der Waals surface area contributed by atoms with Crippen molar-refractivity contribution >= 4 is 5.96 Å². The summed E-state index contributed by atoms with van der Waals surface area (Å²) in [4.78, 5) is 8.76. The maximum Gasteiger partial charge on any atom is 0.218 e. The van der Waals surface area contributed by atoms with Crippen LogP contribution in [0.4, 0.5) is 0 Å². The lowest BCUT2D eigenvalue weighted by Gasteiger charge is -2.17. The summed E-state index contributed by atoms with van der Waals surface area (Å²) in [5.74, 6) is 1.47. The molecule has 0 spiro atoms. The summed E-state index contributed by atoms with van der Waals surface area (Å²) in [6, 6.07) is 3.99. The highest BCUT2D eigenvalue weighted by atomic mass is 16.5. The van der Waals surface area contributed by atoms with Crippen LogP contribution in [-0.4, -0.2) is 33.9 Å². The molecule has 2 N–H and O–H groups in total. The van der Waals surface area contributed by atoms with Crippen molar-refractivity contribution in [2.45, 2.75) is 58.7 Å². The minimum Gasteiger partial charge on any atom is -0.474 e. The number of aromatic nitrogens is 3. The monoisotopic (exact) mass is 370 g/mol. The van der Waals surface area contributed by atoms with Crippen molar-refractivity contribution in [1.29, 1.82) is 0 Å². The van der Waals surface area contributed by atoms with Gasteiger partial charge in [-0.1, -0.05) is 6.07 Å². The molecule has 0 radical (unpaired) electrons. The van der Waals surface area contributed by atoms with Crippen LogP contribution in [0.2, 0.25) is 0 Å². The van der Waals surface area contributed by atoms with Gasteiger partial charge in [0.25, 0.3) is 0 Å². The van der Waals surface area contributed by atoms with Crippen molar-refractivity contribution < 1.29 is 4.74 Å². The maximum absolute atomic E-state index is 6.11. The van der Waals surface area contributed by atoms with Gasteiger partial charge in [-0.15, -0.1) is 0 Å². The molecule has 1 fully saturated rings. The first kappa shape index (κ1) is 19.2. The summed E-state index contributed by atoms with van der Waals surface area (Å²) >= 11 is 0. The first-order chi connectivity index (χ1) is 13.1. The predicted molar refractivity (Wildman–Crippen MR) is 107 cm³/mol. The van der Waals surface area contributed by atoms with Crippen LogP contribution < -0.4 is 15.4 Å². The number of rotatable bonds is 6. The van der Waals surface area contributed by atoms with Crippen LogP contribution in [0.15, 0.2) is 23.3 Å². The molecule has 0 atom stereocenters. The lowest BCUT2D eigenvalue weighted by Crippen LogP contribution is -2.36. The summed E-state index contributed by atoms with van der Waals surface area (Å²) in [6.45, 7) is 5.40. The molecule has 2 aromatic rings. The lowest BCUT2D eigenvalue weighted by molar-refractivity contribution is 0.199. The Morgan fingerprint density at radius 2 is 2.00 bits per heavy atom. The summed E-state index contributed by atoms with van der Waals surface area (Å²) in [5, 5.41) is 11.2. The Kier molecular flexibility index (Phi) is 6.32. The Morgan fingerprint density at radius 1 is 1.26 bits per heavy atom. The zero-order valence-electron chi connectivity index (χ0n) is 16.7. The van der Waals surface area contributed by atoms with Crippen LogP contribution >= 0.6 is 0 Å². The Morgan fingerprint density at radius 3 is 2.67 bits per heavy atom. The molecule has 146 valence electrons. The van der Waals surface area contributed by atoms with Gasteiger partial charge < -0.3 is 15.4 Å². The average Bonchev–Trinajstić information content (AvgIpc) is 3.26. The number of aliphatic imine (C=N–C) groups is 1. The van der Waals surface area contributed by atoms with Gasteiger partial charge in [-0.25, -0.2) is 4.98 Å². The summed E-state index contributed by atoms with van der Waals surface area (Å²) < 4.78 is 8.02. The third-order valence-corrected chi connectivity index (χ3v) is 5.19. The SMILES string of the molecule is CN=C(NCc1cccnc1OC1CCCC1)NCc1c(C)nn(C)c1C. The quantitative estimate of drug-likeness (QED) is 0.604. The number of ether oxygens (including phenoxy) is 1. The molecular weight excluding hydrogens is 340 g/mol. The molecule has 3 rings (SSSR count). The molecule has 0 bridgehead atoms. The van der Waals surface area contributed by atoms with Crippen LogP contribution in [-0.2, 0) is 20.1 Å². The van der Waals surface area contributed by atoms with Gasteiger partial charge in [-0.2, -0.15) is 5.10 Å². The highest BCUT2D eigenvalue weighted by Crippen LogP contribution is 2.24. The minimum absolute atomic E-state index is 0.299. The fourth-order valence-corrected chi connectivity index (χ4v) is 3.47. The van der Waals surface area contributed by atoms with Gasteiger partial charge >= 0.3 is 0 Å². The number of nitrogens with zero attached hydrogens (tertiary/aromatic N) is 4. The second-order valence-corrected chi connectivity index (χ2v) is 7.04. The van der Waals surface area contributed by atoms with E-state index >= 15 is 0 Å². The number of hydrogen-bond donors (Lipinski definition) is 2. The van der Waals surface area contributed by atoms with Crippen LogP contribution in [0, 0.1) is 13.8 Å². The zero-order chi connectivity index (χ0) is 19.2. The van der Waals surface area contributed by atoms with Crippen molar-refractivity contribution in [1.82, 2.24) is 25.4 Å². The number of pyridine rings is 1. The van der Waals surface area contributed by atoms with Crippen molar-refractivity contribution in [3.8, 4) is 5.88 Å². The van der Waals surface area contributed by atoms with Gasteiger partial charge in [-0.3, -0.25) is 9.67 Å². The molecule has 0 amide bonds. The molecule has 2 aromatic heterocycles. The first-order valence-corrected chi connectivity index (χ1v) is 9.62. The van der Waals surface area contributed by atoms with Crippen molar-refractivity contribution in [3.05, 3.63) is 40.8 Å². The number of nitrogens with one attached hydrogen (secondary N) is 2. The molecule has 1 saturated carbocycles. The maximum atomic E-state index is 6.11. The van der Waals surface area contributed by atoms with Crippen molar-refractivity contribution in [2.24, 2.45) is 12.0 Å². The number of aryl methyl sites for hydroxylation is 2. The zero-order valence-corrected chi connectivity index (χ0v) is 16.7. The van der Waals surface area contributed by atoms with E-state index in [1.807, 2.05) is 30.8 Å². The average molecular weight is 371 g/mol. The molecule has 0 aliphatic heterocycles. The third-order valence-electron chi connectivity index (χ3n) is 5.19. The van der Waals surface area contributed by atoms with Gasteiger partial charge in [0.1, 0.15) is 6.10 Å². The molecule has 0 saturated heterocycles.